The van der Waals surface area contributed by atoms with E-state index in [0.29, 0.717) is 37.6 Å². The second-order valence-corrected chi connectivity index (χ2v) is 6.76. The Labute approximate surface area is 167 Å². The summed E-state index contributed by atoms with van der Waals surface area (Å²) < 4.78 is 24.6. The zero-order chi connectivity index (χ0) is 20.2. The zero-order valence-corrected chi connectivity index (χ0v) is 16.0. The first kappa shape index (κ1) is 18.9. The van der Waals surface area contributed by atoms with Gasteiger partial charge >= 0.3 is 0 Å². The molecule has 1 aliphatic rings. The third-order valence-electron chi connectivity index (χ3n) is 4.83. The minimum absolute atomic E-state index is 0.0823. The van der Waals surface area contributed by atoms with Crippen LogP contribution in [0.2, 0.25) is 0 Å². The summed E-state index contributed by atoms with van der Waals surface area (Å²) in [7, 11) is 0. The number of para-hydroxylation sites is 1. The van der Waals surface area contributed by atoms with E-state index in [0.717, 1.165) is 5.82 Å². The number of carbonyl (C=O) groups excluding carboxylic acids is 1. The Morgan fingerprint density at radius 3 is 2.52 bits per heavy atom. The van der Waals surface area contributed by atoms with E-state index in [1.165, 1.54) is 12.1 Å². The molecule has 8 heteroatoms. The maximum atomic E-state index is 13.7. The third kappa shape index (κ3) is 4.21. The lowest BCUT2D eigenvalue weighted by Gasteiger charge is -2.36. The van der Waals surface area contributed by atoms with Crippen LogP contribution in [0, 0.1) is 5.82 Å². The number of furan rings is 1. The Morgan fingerprint density at radius 2 is 1.86 bits per heavy atom. The van der Waals surface area contributed by atoms with Gasteiger partial charge in [0.15, 0.2) is 29.2 Å². The Bertz CT molecular complexity index is 954. The number of rotatable bonds is 5. The van der Waals surface area contributed by atoms with Crippen molar-refractivity contribution in [2.45, 2.75) is 13.0 Å². The minimum atomic E-state index is -0.758. The van der Waals surface area contributed by atoms with Gasteiger partial charge in [-0.05, 0) is 43.3 Å². The number of halogens is 1. The van der Waals surface area contributed by atoms with Gasteiger partial charge < -0.3 is 19.0 Å². The largest absolute Gasteiger partial charge is 0.478 e. The van der Waals surface area contributed by atoms with E-state index in [1.807, 2.05) is 18.2 Å². The van der Waals surface area contributed by atoms with E-state index in [-0.39, 0.29) is 11.7 Å². The third-order valence-corrected chi connectivity index (χ3v) is 4.83. The van der Waals surface area contributed by atoms with Crippen LogP contribution >= 0.6 is 0 Å². The Balaban J connectivity index is 1.33. The number of benzene rings is 1. The molecule has 1 aliphatic heterocycles. The monoisotopic (exact) mass is 396 g/mol. The quantitative estimate of drug-likeness (QED) is 0.660. The van der Waals surface area contributed by atoms with Gasteiger partial charge in [-0.15, -0.1) is 10.2 Å². The fourth-order valence-electron chi connectivity index (χ4n) is 3.24. The van der Waals surface area contributed by atoms with Crippen molar-refractivity contribution in [3.63, 3.8) is 0 Å². The summed E-state index contributed by atoms with van der Waals surface area (Å²) in [5, 5.41) is 8.49. The van der Waals surface area contributed by atoms with Crippen LogP contribution in [-0.4, -0.2) is 53.3 Å². The minimum Gasteiger partial charge on any atom is -0.478 e. The molecule has 0 aliphatic carbocycles. The maximum Gasteiger partial charge on any atom is 0.263 e. The summed E-state index contributed by atoms with van der Waals surface area (Å²) in [4.78, 5) is 16.5. The number of amides is 1. The van der Waals surface area contributed by atoms with Crippen molar-refractivity contribution in [1.82, 2.24) is 15.1 Å². The van der Waals surface area contributed by atoms with E-state index in [4.69, 9.17) is 9.15 Å². The van der Waals surface area contributed by atoms with E-state index >= 15 is 0 Å². The normalized spacial score (nSPS) is 15.2. The van der Waals surface area contributed by atoms with Crippen molar-refractivity contribution in [1.29, 1.82) is 0 Å². The van der Waals surface area contributed by atoms with Crippen molar-refractivity contribution < 1.29 is 18.3 Å². The predicted octanol–water partition coefficient (Wildman–Crippen LogP) is 2.99. The van der Waals surface area contributed by atoms with E-state index in [1.54, 1.807) is 36.3 Å². The highest BCUT2D eigenvalue weighted by Crippen LogP contribution is 2.21. The fraction of sp³-hybridized carbons (Fsp3) is 0.286. The van der Waals surface area contributed by atoms with Gasteiger partial charge in [0.05, 0.1) is 6.26 Å². The van der Waals surface area contributed by atoms with Crippen molar-refractivity contribution in [3.8, 4) is 17.2 Å². The first-order chi connectivity index (χ1) is 14.1. The molecule has 0 radical (unpaired) electrons. The first-order valence-electron chi connectivity index (χ1n) is 9.44. The molecule has 0 N–H and O–H groups in total. The summed E-state index contributed by atoms with van der Waals surface area (Å²) in [6.45, 7) is 3.97. The van der Waals surface area contributed by atoms with Gasteiger partial charge in [0.1, 0.15) is 5.69 Å². The molecule has 1 amide bonds. The van der Waals surface area contributed by atoms with Crippen LogP contribution in [-0.2, 0) is 4.79 Å². The number of hydrogen-bond donors (Lipinski definition) is 0. The molecule has 29 heavy (non-hydrogen) atoms. The summed E-state index contributed by atoms with van der Waals surface area (Å²) in [5.74, 6) is 0.867. The molecule has 0 spiro atoms. The molecule has 0 unspecified atom stereocenters. The van der Waals surface area contributed by atoms with E-state index < -0.39 is 11.9 Å². The average Bonchev–Trinajstić information content (AvgIpc) is 3.30. The van der Waals surface area contributed by atoms with Gasteiger partial charge in [0, 0.05) is 26.2 Å². The molecule has 0 bridgehead atoms. The molecule has 1 aromatic carbocycles. The Kier molecular flexibility index (Phi) is 5.41. The van der Waals surface area contributed by atoms with Crippen molar-refractivity contribution in [3.05, 3.63) is 60.6 Å². The van der Waals surface area contributed by atoms with Crippen molar-refractivity contribution in [2.24, 2.45) is 0 Å². The number of ether oxygens (including phenoxy) is 1. The highest BCUT2D eigenvalue weighted by Gasteiger charge is 2.27. The molecule has 3 aromatic rings. The summed E-state index contributed by atoms with van der Waals surface area (Å²) in [6.07, 6.45) is 0.837. The Hall–Kier alpha value is -3.42. The maximum absolute atomic E-state index is 13.7. The molecule has 2 aromatic heterocycles. The van der Waals surface area contributed by atoms with Crippen LogP contribution in [0.15, 0.2) is 59.2 Å². The lowest BCUT2D eigenvalue weighted by atomic mass is 10.2. The molecule has 4 rings (SSSR count). The SMILES string of the molecule is C[C@@H](Oc1ccccc1F)C(=O)N1CCN(c2ccc(-c3ccco3)nn2)CC1. The lowest BCUT2D eigenvalue weighted by molar-refractivity contribution is -0.138. The second kappa shape index (κ2) is 8.30. The molecule has 3 heterocycles. The van der Waals surface area contributed by atoms with Gasteiger partial charge in [-0.25, -0.2) is 4.39 Å². The van der Waals surface area contributed by atoms with E-state index in [2.05, 4.69) is 15.1 Å². The molecule has 1 saturated heterocycles. The van der Waals surface area contributed by atoms with Gasteiger partial charge in [-0.2, -0.15) is 0 Å². The summed E-state index contributed by atoms with van der Waals surface area (Å²) >= 11 is 0. The second-order valence-electron chi connectivity index (χ2n) is 6.76. The molecular formula is C21H21FN4O3. The molecular weight excluding hydrogens is 375 g/mol. The highest BCUT2D eigenvalue weighted by molar-refractivity contribution is 5.81. The fourth-order valence-corrected chi connectivity index (χ4v) is 3.24. The van der Waals surface area contributed by atoms with Crippen LogP contribution in [0.25, 0.3) is 11.5 Å². The standard InChI is InChI=1S/C21H21FN4O3/c1-15(29-18-6-3-2-5-16(18)22)21(27)26-12-10-25(11-13-26)20-9-8-17(23-24-20)19-7-4-14-28-19/h2-9,14-15H,10-13H2,1H3/t15-/m1/s1. The number of carbonyl (C=O) groups is 1. The van der Waals surface area contributed by atoms with Crippen LogP contribution < -0.4 is 9.64 Å². The molecule has 1 atom stereocenters. The zero-order valence-electron chi connectivity index (χ0n) is 16.0. The number of nitrogens with zero attached hydrogens (tertiary/aromatic N) is 4. The van der Waals surface area contributed by atoms with Gasteiger partial charge in [0.25, 0.3) is 5.91 Å². The lowest BCUT2D eigenvalue weighted by Crippen LogP contribution is -2.52. The van der Waals surface area contributed by atoms with Crippen molar-refractivity contribution in [2.75, 3.05) is 31.1 Å². The highest BCUT2D eigenvalue weighted by atomic mass is 19.1. The predicted molar refractivity (Wildman–Crippen MR) is 105 cm³/mol. The first-order valence-corrected chi connectivity index (χ1v) is 9.44. The van der Waals surface area contributed by atoms with Crippen LogP contribution in [0.1, 0.15) is 6.92 Å². The summed E-state index contributed by atoms with van der Waals surface area (Å²) in [5.41, 5.74) is 0.673. The smallest absolute Gasteiger partial charge is 0.263 e. The molecule has 7 nitrogen and oxygen atoms in total. The molecule has 0 saturated carbocycles. The van der Waals surface area contributed by atoms with Crippen LogP contribution in [0.4, 0.5) is 10.2 Å². The Morgan fingerprint density at radius 1 is 1.07 bits per heavy atom. The molecule has 150 valence electrons. The average molecular weight is 396 g/mol. The number of piperazine rings is 1. The topological polar surface area (TPSA) is 71.7 Å². The van der Waals surface area contributed by atoms with Gasteiger partial charge in [0.2, 0.25) is 0 Å². The van der Waals surface area contributed by atoms with Gasteiger partial charge in [-0.3, -0.25) is 4.79 Å². The molecule has 1 fully saturated rings. The van der Waals surface area contributed by atoms with E-state index in [9.17, 15) is 9.18 Å². The van der Waals surface area contributed by atoms with Crippen molar-refractivity contribution >= 4 is 11.7 Å². The number of anilines is 1. The number of aromatic nitrogens is 2. The number of hydrogen-bond acceptors (Lipinski definition) is 6. The van der Waals surface area contributed by atoms with Gasteiger partial charge in [-0.1, -0.05) is 12.1 Å². The van der Waals surface area contributed by atoms with Crippen LogP contribution in [0.5, 0.6) is 5.75 Å². The summed E-state index contributed by atoms with van der Waals surface area (Å²) in [6, 6.07) is 13.5. The van der Waals surface area contributed by atoms with Crippen LogP contribution in [0.3, 0.4) is 0 Å².